The molecule has 0 unspecified atom stereocenters. The summed E-state index contributed by atoms with van der Waals surface area (Å²) in [5.41, 5.74) is 1.02. The highest BCUT2D eigenvalue weighted by Crippen LogP contribution is 2.16. The number of carbonyl (C=O) groups excluding carboxylic acids is 3. The van der Waals surface area contributed by atoms with Gasteiger partial charge in [-0.25, -0.2) is 9.69 Å². The summed E-state index contributed by atoms with van der Waals surface area (Å²) in [5.74, 6) is -0.627. The summed E-state index contributed by atoms with van der Waals surface area (Å²) in [6.07, 6.45) is 0. The monoisotopic (exact) mass is 333 g/mol. The zero-order valence-electron chi connectivity index (χ0n) is 14.5. The van der Waals surface area contributed by atoms with E-state index in [-0.39, 0.29) is 19.1 Å². The Kier molecular flexibility index (Phi) is 5.56. The summed E-state index contributed by atoms with van der Waals surface area (Å²) in [6, 6.07) is 6.99. The molecule has 1 aliphatic heterocycles. The topological polar surface area (TPSA) is 70.2 Å². The first-order chi connectivity index (χ1) is 11.3. The first kappa shape index (κ1) is 17.9. The van der Waals surface area contributed by atoms with Gasteiger partial charge in [0, 0.05) is 13.1 Å². The summed E-state index contributed by atoms with van der Waals surface area (Å²) < 4.78 is 5.11. The third kappa shape index (κ3) is 3.91. The highest BCUT2D eigenvalue weighted by atomic mass is 16.5. The van der Waals surface area contributed by atoms with E-state index in [0.717, 1.165) is 21.1 Å². The molecular formula is C17H23N3O4. The summed E-state index contributed by atoms with van der Waals surface area (Å²) in [6.45, 7) is 4.65. The van der Waals surface area contributed by atoms with E-state index < -0.39 is 17.8 Å². The van der Waals surface area contributed by atoms with Crippen LogP contribution in [0.1, 0.15) is 19.4 Å². The molecule has 7 heteroatoms. The summed E-state index contributed by atoms with van der Waals surface area (Å²) >= 11 is 0. The van der Waals surface area contributed by atoms with Gasteiger partial charge in [0.2, 0.25) is 0 Å². The van der Waals surface area contributed by atoms with Crippen molar-refractivity contribution < 1.29 is 19.1 Å². The molecule has 1 aromatic rings. The molecule has 7 nitrogen and oxygen atoms in total. The lowest BCUT2D eigenvalue weighted by Gasteiger charge is -2.23. The maximum atomic E-state index is 12.3. The van der Waals surface area contributed by atoms with Crippen molar-refractivity contribution in [2.45, 2.75) is 20.4 Å². The number of carbonyl (C=O) groups is 3. The lowest BCUT2D eigenvalue weighted by atomic mass is 10.2. The molecule has 0 N–H and O–H groups in total. The Bertz CT molecular complexity index is 627. The minimum Gasteiger partial charge on any atom is -0.497 e. The van der Waals surface area contributed by atoms with Crippen molar-refractivity contribution in [3.05, 3.63) is 29.8 Å². The average molecular weight is 333 g/mol. The Hall–Kier alpha value is -2.41. The SMILES string of the molecule is COc1ccc(CN(C)CN2C(=O)C(=O)N(CC(C)C)C2=O)cc1. The third-order valence-electron chi connectivity index (χ3n) is 3.68. The number of ether oxygens (including phenoxy) is 1. The maximum Gasteiger partial charge on any atom is 0.335 e. The van der Waals surface area contributed by atoms with Crippen LogP contribution in [0.4, 0.5) is 4.79 Å². The van der Waals surface area contributed by atoms with Gasteiger partial charge in [-0.15, -0.1) is 0 Å². The van der Waals surface area contributed by atoms with Crippen molar-refractivity contribution in [3.8, 4) is 5.75 Å². The van der Waals surface area contributed by atoms with E-state index in [4.69, 9.17) is 4.74 Å². The number of imide groups is 2. The minimum atomic E-state index is -0.762. The van der Waals surface area contributed by atoms with Gasteiger partial charge in [-0.3, -0.25) is 19.4 Å². The molecule has 1 heterocycles. The molecule has 24 heavy (non-hydrogen) atoms. The molecule has 130 valence electrons. The number of hydrogen-bond acceptors (Lipinski definition) is 5. The van der Waals surface area contributed by atoms with E-state index in [9.17, 15) is 14.4 Å². The average Bonchev–Trinajstić information content (AvgIpc) is 2.73. The molecule has 0 aromatic heterocycles. The number of hydrogen-bond donors (Lipinski definition) is 0. The van der Waals surface area contributed by atoms with Gasteiger partial charge in [0.1, 0.15) is 5.75 Å². The Morgan fingerprint density at radius 2 is 1.62 bits per heavy atom. The molecule has 1 saturated heterocycles. The minimum absolute atomic E-state index is 0.0734. The Labute approximate surface area is 141 Å². The second kappa shape index (κ2) is 7.44. The van der Waals surface area contributed by atoms with Crippen molar-refractivity contribution in [1.82, 2.24) is 14.7 Å². The molecular weight excluding hydrogens is 310 g/mol. The molecule has 4 amide bonds. The van der Waals surface area contributed by atoms with Crippen LogP contribution < -0.4 is 4.74 Å². The van der Waals surface area contributed by atoms with Gasteiger partial charge in [0.25, 0.3) is 0 Å². The summed E-state index contributed by atoms with van der Waals surface area (Å²) in [7, 11) is 3.39. The fourth-order valence-corrected chi connectivity index (χ4v) is 2.54. The Morgan fingerprint density at radius 1 is 1.04 bits per heavy atom. The smallest absolute Gasteiger partial charge is 0.335 e. The number of methoxy groups -OCH3 is 1. The predicted molar refractivity (Wildman–Crippen MR) is 88.1 cm³/mol. The highest BCUT2D eigenvalue weighted by Gasteiger charge is 2.44. The van der Waals surface area contributed by atoms with Crippen molar-refractivity contribution >= 4 is 17.8 Å². The molecule has 0 radical (unpaired) electrons. The third-order valence-corrected chi connectivity index (χ3v) is 3.68. The standard InChI is InChI=1S/C17H23N3O4/c1-12(2)9-19-15(21)16(22)20(17(19)23)11-18(3)10-13-5-7-14(24-4)8-6-13/h5-8,12H,9-11H2,1-4H3. The molecule has 0 aliphatic carbocycles. The molecule has 1 fully saturated rings. The summed E-state index contributed by atoms with van der Waals surface area (Å²) in [5, 5.41) is 0. The molecule has 0 atom stereocenters. The van der Waals surface area contributed by atoms with Crippen LogP contribution in [-0.4, -0.2) is 59.9 Å². The first-order valence-corrected chi connectivity index (χ1v) is 7.82. The number of rotatable bonds is 7. The van der Waals surface area contributed by atoms with Crippen molar-refractivity contribution in [1.29, 1.82) is 0 Å². The van der Waals surface area contributed by atoms with Crippen LogP contribution in [0, 0.1) is 5.92 Å². The number of nitrogens with zero attached hydrogens (tertiary/aromatic N) is 3. The molecule has 1 aliphatic rings. The lowest BCUT2D eigenvalue weighted by Crippen LogP contribution is -2.41. The van der Waals surface area contributed by atoms with E-state index in [0.29, 0.717) is 6.54 Å². The maximum absolute atomic E-state index is 12.3. The molecule has 1 aromatic carbocycles. The zero-order valence-corrected chi connectivity index (χ0v) is 14.5. The van der Waals surface area contributed by atoms with Crippen molar-refractivity contribution in [2.75, 3.05) is 27.4 Å². The van der Waals surface area contributed by atoms with E-state index in [1.54, 1.807) is 14.2 Å². The highest BCUT2D eigenvalue weighted by molar-refractivity contribution is 6.44. The van der Waals surface area contributed by atoms with E-state index in [1.165, 1.54) is 0 Å². The Morgan fingerprint density at radius 3 is 2.17 bits per heavy atom. The quantitative estimate of drug-likeness (QED) is 0.559. The van der Waals surface area contributed by atoms with Crippen molar-refractivity contribution in [3.63, 3.8) is 0 Å². The predicted octanol–water partition coefficient (Wildman–Crippen LogP) is 1.53. The van der Waals surface area contributed by atoms with Crippen LogP contribution in [0.5, 0.6) is 5.75 Å². The van der Waals surface area contributed by atoms with Crippen LogP contribution in [0.2, 0.25) is 0 Å². The molecule has 0 saturated carbocycles. The number of amides is 4. The molecule has 0 spiro atoms. The largest absolute Gasteiger partial charge is 0.497 e. The van der Waals surface area contributed by atoms with Gasteiger partial charge < -0.3 is 4.74 Å². The molecule has 0 bridgehead atoms. The lowest BCUT2D eigenvalue weighted by molar-refractivity contribution is -0.144. The van der Waals surface area contributed by atoms with Crippen LogP contribution in [0.3, 0.4) is 0 Å². The summed E-state index contributed by atoms with van der Waals surface area (Å²) in [4.78, 5) is 40.1. The second-order valence-electron chi connectivity index (χ2n) is 6.33. The van der Waals surface area contributed by atoms with Crippen LogP contribution in [0.15, 0.2) is 24.3 Å². The molecule has 2 rings (SSSR count). The second-order valence-corrected chi connectivity index (χ2v) is 6.33. The number of urea groups is 1. The van der Waals surface area contributed by atoms with Gasteiger partial charge in [-0.1, -0.05) is 26.0 Å². The van der Waals surface area contributed by atoms with Crippen LogP contribution in [-0.2, 0) is 16.1 Å². The van der Waals surface area contributed by atoms with E-state index in [2.05, 4.69) is 0 Å². The van der Waals surface area contributed by atoms with Crippen molar-refractivity contribution in [2.24, 2.45) is 5.92 Å². The van der Waals surface area contributed by atoms with E-state index >= 15 is 0 Å². The zero-order chi connectivity index (χ0) is 17.9. The fourth-order valence-electron chi connectivity index (χ4n) is 2.54. The van der Waals surface area contributed by atoms with Gasteiger partial charge in [-0.05, 0) is 30.7 Å². The van der Waals surface area contributed by atoms with Crippen LogP contribution >= 0.6 is 0 Å². The van der Waals surface area contributed by atoms with Gasteiger partial charge in [0.15, 0.2) is 0 Å². The van der Waals surface area contributed by atoms with Crippen LogP contribution in [0.25, 0.3) is 0 Å². The van der Waals surface area contributed by atoms with E-state index in [1.807, 2.05) is 43.0 Å². The number of benzene rings is 1. The first-order valence-electron chi connectivity index (χ1n) is 7.82. The van der Waals surface area contributed by atoms with Gasteiger partial charge >= 0.3 is 17.8 Å². The fraction of sp³-hybridized carbons (Fsp3) is 0.471. The van der Waals surface area contributed by atoms with Gasteiger partial charge in [0.05, 0.1) is 13.8 Å². The normalized spacial score (nSPS) is 15.2. The Balaban J connectivity index is 1.99. The van der Waals surface area contributed by atoms with Gasteiger partial charge in [-0.2, -0.15) is 0 Å².